The molecule has 0 unspecified atom stereocenters. The van der Waals surface area contributed by atoms with Gasteiger partial charge in [-0.1, -0.05) is 0 Å². The lowest BCUT2D eigenvalue weighted by Crippen LogP contribution is -2.49. The Morgan fingerprint density at radius 1 is 0.923 bits per heavy atom. The third-order valence-electron chi connectivity index (χ3n) is 6.72. The molecule has 4 bridgehead atoms. The standard InChI is InChI=1S/C21H29N3O2/c1-23(2)19(25)16-8-17(20(26)24(3)4)18(22-12-16)21-9-13-5-14(10-21)7-15(6-13)11-21/h8,12-15H,5-7,9-11H2,1-4H3. The van der Waals surface area contributed by atoms with Crippen LogP contribution in [0, 0.1) is 17.8 Å². The van der Waals surface area contributed by atoms with Crippen LogP contribution in [-0.2, 0) is 5.41 Å². The van der Waals surface area contributed by atoms with Gasteiger partial charge in [-0.05, 0) is 62.3 Å². The lowest BCUT2D eigenvalue weighted by molar-refractivity contribution is -0.00772. The molecule has 5 rings (SSSR count). The van der Waals surface area contributed by atoms with Gasteiger partial charge in [0.25, 0.3) is 11.8 Å². The van der Waals surface area contributed by atoms with Crippen LogP contribution in [0.3, 0.4) is 0 Å². The molecule has 1 aromatic rings. The molecule has 1 aromatic heterocycles. The highest BCUT2D eigenvalue weighted by Gasteiger charge is 2.53. The molecule has 4 saturated carbocycles. The zero-order chi connectivity index (χ0) is 18.6. The lowest BCUT2D eigenvalue weighted by atomic mass is 9.48. The molecule has 26 heavy (non-hydrogen) atoms. The van der Waals surface area contributed by atoms with Gasteiger partial charge in [0.2, 0.25) is 0 Å². The Kier molecular flexibility index (Phi) is 4.08. The normalized spacial score (nSPS) is 31.8. The maximum atomic E-state index is 13.0. The van der Waals surface area contributed by atoms with Crippen molar-refractivity contribution in [2.45, 2.75) is 43.9 Å². The van der Waals surface area contributed by atoms with E-state index in [-0.39, 0.29) is 17.2 Å². The minimum atomic E-state index is -0.109. The zero-order valence-corrected chi connectivity index (χ0v) is 16.3. The van der Waals surface area contributed by atoms with Crippen LogP contribution in [0.4, 0.5) is 0 Å². The molecule has 5 nitrogen and oxygen atoms in total. The van der Waals surface area contributed by atoms with Crippen LogP contribution in [0.5, 0.6) is 0 Å². The van der Waals surface area contributed by atoms with E-state index in [1.807, 2.05) is 0 Å². The minimum absolute atomic E-state index is 0.0372. The summed E-state index contributed by atoms with van der Waals surface area (Å²) in [6.45, 7) is 0. The van der Waals surface area contributed by atoms with Crippen molar-refractivity contribution in [1.82, 2.24) is 14.8 Å². The first-order chi connectivity index (χ1) is 12.3. The van der Waals surface area contributed by atoms with Gasteiger partial charge in [-0.3, -0.25) is 14.6 Å². The van der Waals surface area contributed by atoms with E-state index >= 15 is 0 Å². The summed E-state index contributed by atoms with van der Waals surface area (Å²) in [5.41, 5.74) is 2.11. The van der Waals surface area contributed by atoms with E-state index in [0.29, 0.717) is 11.1 Å². The van der Waals surface area contributed by atoms with Crippen molar-refractivity contribution in [3.63, 3.8) is 0 Å². The molecule has 5 heteroatoms. The van der Waals surface area contributed by atoms with Gasteiger partial charge in [0.15, 0.2) is 0 Å². The van der Waals surface area contributed by atoms with E-state index in [4.69, 9.17) is 4.98 Å². The maximum Gasteiger partial charge on any atom is 0.255 e. The number of hydrogen-bond donors (Lipinski definition) is 0. The fraction of sp³-hybridized carbons (Fsp3) is 0.667. The summed E-state index contributed by atoms with van der Waals surface area (Å²) < 4.78 is 0. The van der Waals surface area contributed by atoms with E-state index in [0.717, 1.165) is 42.7 Å². The van der Waals surface area contributed by atoms with Crippen molar-refractivity contribution in [3.05, 3.63) is 29.1 Å². The van der Waals surface area contributed by atoms with E-state index in [1.54, 1.807) is 45.4 Å². The van der Waals surface area contributed by atoms with Crippen LogP contribution in [0.15, 0.2) is 12.3 Å². The summed E-state index contributed by atoms with van der Waals surface area (Å²) in [5.74, 6) is 2.20. The number of hydrogen-bond acceptors (Lipinski definition) is 3. The predicted molar refractivity (Wildman–Crippen MR) is 100 cm³/mol. The SMILES string of the molecule is CN(C)C(=O)c1cnc(C23CC4CC(CC(C4)C2)C3)c(C(=O)N(C)C)c1. The van der Waals surface area contributed by atoms with Gasteiger partial charge in [0.05, 0.1) is 16.8 Å². The fourth-order valence-electron chi connectivity index (χ4n) is 6.07. The van der Waals surface area contributed by atoms with Crippen molar-refractivity contribution in [3.8, 4) is 0 Å². The number of pyridine rings is 1. The quantitative estimate of drug-likeness (QED) is 0.838. The number of nitrogens with zero attached hydrogens (tertiary/aromatic N) is 3. The second-order valence-corrected chi connectivity index (χ2v) is 9.22. The third-order valence-corrected chi connectivity index (χ3v) is 6.72. The Morgan fingerprint density at radius 3 is 1.88 bits per heavy atom. The molecule has 140 valence electrons. The van der Waals surface area contributed by atoms with Gasteiger partial charge in [-0.15, -0.1) is 0 Å². The summed E-state index contributed by atoms with van der Waals surface area (Å²) in [4.78, 5) is 33.3. The Morgan fingerprint density at radius 2 is 1.42 bits per heavy atom. The molecular weight excluding hydrogens is 326 g/mol. The van der Waals surface area contributed by atoms with E-state index in [2.05, 4.69) is 0 Å². The van der Waals surface area contributed by atoms with Crippen LogP contribution in [0.25, 0.3) is 0 Å². The molecule has 0 atom stereocenters. The molecule has 0 N–H and O–H groups in total. The third kappa shape index (κ3) is 2.72. The Hall–Kier alpha value is -1.91. The maximum absolute atomic E-state index is 13.0. The lowest BCUT2D eigenvalue weighted by Gasteiger charge is -2.56. The Labute approximate surface area is 155 Å². The molecule has 0 aliphatic heterocycles. The van der Waals surface area contributed by atoms with Crippen LogP contribution in [0.1, 0.15) is 64.9 Å². The smallest absolute Gasteiger partial charge is 0.255 e. The van der Waals surface area contributed by atoms with E-state index in [9.17, 15) is 9.59 Å². The van der Waals surface area contributed by atoms with Crippen molar-refractivity contribution >= 4 is 11.8 Å². The van der Waals surface area contributed by atoms with Crippen molar-refractivity contribution in [2.24, 2.45) is 17.8 Å². The molecule has 0 saturated heterocycles. The molecule has 4 aliphatic carbocycles. The number of carbonyl (C=O) groups excluding carboxylic acids is 2. The Bertz CT molecular complexity index is 718. The Balaban J connectivity index is 1.80. The average molecular weight is 355 g/mol. The highest BCUT2D eigenvalue weighted by Crippen LogP contribution is 2.60. The monoisotopic (exact) mass is 355 g/mol. The zero-order valence-electron chi connectivity index (χ0n) is 16.3. The van der Waals surface area contributed by atoms with Gasteiger partial charge >= 0.3 is 0 Å². The predicted octanol–water partition coefficient (Wildman–Crippen LogP) is 2.95. The molecule has 0 radical (unpaired) electrons. The molecule has 4 aliphatic rings. The summed E-state index contributed by atoms with van der Waals surface area (Å²) >= 11 is 0. The average Bonchev–Trinajstić information content (AvgIpc) is 2.58. The van der Waals surface area contributed by atoms with Gasteiger partial charge in [-0.2, -0.15) is 0 Å². The first kappa shape index (κ1) is 17.5. The molecular formula is C21H29N3O2. The molecule has 0 spiro atoms. The molecule has 0 aromatic carbocycles. The minimum Gasteiger partial charge on any atom is -0.345 e. The second-order valence-electron chi connectivity index (χ2n) is 9.22. The van der Waals surface area contributed by atoms with Crippen LogP contribution in [-0.4, -0.2) is 54.8 Å². The number of carbonyl (C=O) groups is 2. The topological polar surface area (TPSA) is 53.5 Å². The van der Waals surface area contributed by atoms with E-state index in [1.165, 1.54) is 24.2 Å². The second kappa shape index (κ2) is 6.07. The van der Waals surface area contributed by atoms with Crippen LogP contribution < -0.4 is 0 Å². The van der Waals surface area contributed by atoms with Gasteiger partial charge < -0.3 is 9.80 Å². The van der Waals surface area contributed by atoms with Gasteiger partial charge in [-0.25, -0.2) is 0 Å². The van der Waals surface area contributed by atoms with Crippen molar-refractivity contribution in [1.29, 1.82) is 0 Å². The van der Waals surface area contributed by atoms with Crippen molar-refractivity contribution in [2.75, 3.05) is 28.2 Å². The number of rotatable bonds is 3. The van der Waals surface area contributed by atoms with E-state index < -0.39 is 0 Å². The van der Waals surface area contributed by atoms with Gasteiger partial charge in [0.1, 0.15) is 0 Å². The number of aromatic nitrogens is 1. The van der Waals surface area contributed by atoms with Gasteiger partial charge in [0, 0.05) is 39.8 Å². The highest BCUT2D eigenvalue weighted by atomic mass is 16.2. The summed E-state index contributed by atoms with van der Waals surface area (Å²) in [5, 5.41) is 0. The van der Waals surface area contributed by atoms with Crippen LogP contribution >= 0.6 is 0 Å². The first-order valence-electron chi connectivity index (χ1n) is 9.73. The molecule has 4 fully saturated rings. The molecule has 1 heterocycles. The van der Waals surface area contributed by atoms with Crippen molar-refractivity contribution < 1.29 is 9.59 Å². The number of amides is 2. The summed E-state index contributed by atoms with van der Waals surface area (Å²) in [6, 6.07) is 1.78. The van der Waals surface area contributed by atoms with Crippen LogP contribution in [0.2, 0.25) is 0 Å². The largest absolute Gasteiger partial charge is 0.345 e. The molecule has 2 amide bonds. The highest BCUT2D eigenvalue weighted by molar-refractivity contribution is 6.00. The summed E-state index contributed by atoms with van der Waals surface area (Å²) in [6.07, 6.45) is 9.21. The fourth-order valence-corrected chi connectivity index (χ4v) is 6.07. The first-order valence-corrected chi connectivity index (χ1v) is 9.73. The summed E-state index contributed by atoms with van der Waals surface area (Å²) in [7, 11) is 6.99.